The molecule has 2 aliphatic rings. The number of carboxylic acid groups (broad SMARTS) is 1. The fraction of sp³-hybridized carbons (Fsp3) is 0.237. The molecule has 3 atom stereocenters. The Morgan fingerprint density at radius 2 is 1.65 bits per heavy atom. The number of nitrogen functional groups attached to an aromatic ring is 1. The van der Waals surface area contributed by atoms with E-state index in [9.17, 15) is 19.5 Å². The molecule has 2 amide bonds. The van der Waals surface area contributed by atoms with Crippen molar-refractivity contribution < 1.29 is 24.3 Å². The number of hydrogen-bond acceptors (Lipinski definition) is 13. The highest BCUT2D eigenvalue weighted by Crippen LogP contribution is 2.47. The van der Waals surface area contributed by atoms with E-state index in [2.05, 4.69) is 31.7 Å². The standard InChI is InChI=1S/C38H35N7O5S4/c1-2-51-21-27-28(19-12-20-40-27)53-37(35(48)49)22-45-33(47)30(34(45)52-23-37)41-32(46)29(31-42-36(39)54-44-31)43-50-38(24-13-6-3-7-14-24,25-15-8-4-9-16-25)26-17-10-5-11-18-26/h3-20,30,34H,2,21-23H2,1H3,(H,41,46)(H,48,49)(H2,39,42,44)/t30-,34-,37?/m1/s1. The Hall–Kier alpha value is -4.90. The Bertz CT molecular complexity index is 2060. The molecule has 1 unspecified atom stereocenters. The van der Waals surface area contributed by atoms with Gasteiger partial charge in [-0.1, -0.05) is 103 Å². The van der Waals surface area contributed by atoms with E-state index in [1.807, 2.05) is 97.1 Å². The van der Waals surface area contributed by atoms with E-state index in [1.54, 1.807) is 24.0 Å². The summed E-state index contributed by atoms with van der Waals surface area (Å²) in [6.07, 6.45) is 1.70. The number of rotatable bonds is 14. The molecule has 2 saturated heterocycles. The molecule has 0 aliphatic carbocycles. The molecule has 2 aliphatic heterocycles. The molecule has 12 nitrogen and oxygen atoms in total. The summed E-state index contributed by atoms with van der Waals surface area (Å²) in [6, 6.07) is 31.3. The number of carboxylic acids is 1. The second kappa shape index (κ2) is 16.2. The lowest BCUT2D eigenvalue weighted by Gasteiger charge is -2.53. The number of pyridine rings is 1. The lowest BCUT2D eigenvalue weighted by atomic mass is 9.80. The number of β-lactam (4-membered cyclic amide) rings is 1. The lowest BCUT2D eigenvalue weighted by Crippen LogP contribution is -2.74. The summed E-state index contributed by atoms with van der Waals surface area (Å²) >= 11 is 5.13. The quantitative estimate of drug-likeness (QED) is 0.0559. The van der Waals surface area contributed by atoms with Crippen molar-refractivity contribution in [2.45, 2.75) is 39.3 Å². The lowest BCUT2D eigenvalue weighted by molar-refractivity contribution is -0.151. The van der Waals surface area contributed by atoms with E-state index in [0.29, 0.717) is 5.75 Å². The van der Waals surface area contributed by atoms with E-state index in [4.69, 9.17) is 10.6 Å². The van der Waals surface area contributed by atoms with Crippen LogP contribution in [0.25, 0.3) is 0 Å². The summed E-state index contributed by atoms with van der Waals surface area (Å²) < 4.78 is 2.96. The van der Waals surface area contributed by atoms with Crippen LogP contribution in [0.2, 0.25) is 0 Å². The van der Waals surface area contributed by atoms with Crippen LogP contribution in [0, 0.1) is 0 Å². The Kier molecular flexibility index (Phi) is 11.2. The van der Waals surface area contributed by atoms with Gasteiger partial charge < -0.3 is 25.9 Å². The predicted molar refractivity (Wildman–Crippen MR) is 213 cm³/mol. The van der Waals surface area contributed by atoms with Gasteiger partial charge in [0.2, 0.25) is 23.0 Å². The molecule has 4 N–H and O–H groups in total. The number of fused-ring (bicyclic) bond motifs is 1. The summed E-state index contributed by atoms with van der Waals surface area (Å²) in [5, 5.41) is 17.4. The molecule has 0 spiro atoms. The third kappa shape index (κ3) is 7.30. The van der Waals surface area contributed by atoms with Crippen LogP contribution < -0.4 is 11.1 Å². The first-order valence-electron chi connectivity index (χ1n) is 16.9. The second-order valence-corrected chi connectivity index (χ2v) is 17.0. The fourth-order valence-electron chi connectivity index (χ4n) is 6.34. The number of nitrogens with two attached hydrogens (primary N) is 1. The van der Waals surface area contributed by atoms with Crippen LogP contribution in [-0.2, 0) is 30.6 Å². The van der Waals surface area contributed by atoms with Crippen molar-refractivity contribution in [1.29, 1.82) is 0 Å². The molecule has 4 heterocycles. The number of thioether (sulfide) groups is 3. The molecule has 7 rings (SSSR count). The van der Waals surface area contributed by atoms with Crippen LogP contribution in [0.4, 0.5) is 5.13 Å². The minimum absolute atomic E-state index is 0.0346. The van der Waals surface area contributed by atoms with Gasteiger partial charge in [-0.25, -0.2) is 0 Å². The van der Waals surface area contributed by atoms with Crippen molar-refractivity contribution in [2.75, 3.05) is 23.8 Å². The molecule has 276 valence electrons. The Morgan fingerprint density at radius 1 is 1.02 bits per heavy atom. The van der Waals surface area contributed by atoms with Gasteiger partial charge in [0.05, 0.1) is 5.69 Å². The van der Waals surface area contributed by atoms with Gasteiger partial charge >= 0.3 is 5.97 Å². The van der Waals surface area contributed by atoms with E-state index < -0.39 is 39.5 Å². The molecule has 0 radical (unpaired) electrons. The fourth-order valence-corrected chi connectivity index (χ4v) is 10.4. The van der Waals surface area contributed by atoms with Crippen LogP contribution in [0.15, 0.2) is 119 Å². The maximum absolute atomic E-state index is 14.2. The predicted octanol–water partition coefficient (Wildman–Crippen LogP) is 5.50. The number of nitrogens with one attached hydrogen (secondary N) is 1. The van der Waals surface area contributed by atoms with E-state index >= 15 is 0 Å². The summed E-state index contributed by atoms with van der Waals surface area (Å²) in [5.41, 5.74) is 7.44. The van der Waals surface area contributed by atoms with Crippen molar-refractivity contribution in [2.24, 2.45) is 5.16 Å². The molecule has 16 heteroatoms. The van der Waals surface area contributed by atoms with E-state index in [-0.39, 0.29) is 29.0 Å². The highest BCUT2D eigenvalue weighted by atomic mass is 32.2. The molecular weight excluding hydrogens is 763 g/mol. The number of amides is 2. The Balaban J connectivity index is 1.17. The normalized spacial score (nSPS) is 19.8. The number of aliphatic carboxylic acids is 1. The van der Waals surface area contributed by atoms with Crippen molar-refractivity contribution >= 4 is 75.4 Å². The Labute approximate surface area is 328 Å². The van der Waals surface area contributed by atoms with Gasteiger partial charge in [0.1, 0.15) is 16.2 Å². The van der Waals surface area contributed by atoms with Crippen LogP contribution in [0.1, 0.15) is 35.1 Å². The van der Waals surface area contributed by atoms with Crippen LogP contribution in [0.5, 0.6) is 0 Å². The molecule has 54 heavy (non-hydrogen) atoms. The van der Waals surface area contributed by atoms with Gasteiger partial charge in [0.15, 0.2) is 5.13 Å². The molecule has 2 fully saturated rings. The average molecular weight is 798 g/mol. The highest BCUT2D eigenvalue weighted by molar-refractivity contribution is 8.05. The van der Waals surface area contributed by atoms with Gasteiger partial charge in [0.25, 0.3) is 5.91 Å². The number of benzene rings is 3. The van der Waals surface area contributed by atoms with Crippen LogP contribution in [0.3, 0.4) is 0 Å². The minimum atomic E-state index is -1.31. The highest BCUT2D eigenvalue weighted by Gasteiger charge is 2.58. The number of aromatic nitrogens is 3. The summed E-state index contributed by atoms with van der Waals surface area (Å²) in [5.74, 6) is -0.480. The topological polar surface area (TPSA) is 173 Å². The number of carbonyl (C=O) groups is 3. The molecule has 2 aromatic heterocycles. The molecule has 0 bridgehead atoms. The molecule has 5 aromatic rings. The number of hydrogen-bond donors (Lipinski definition) is 3. The molecule has 3 aromatic carbocycles. The maximum Gasteiger partial charge on any atom is 0.322 e. The summed E-state index contributed by atoms with van der Waals surface area (Å²) in [6.45, 7) is 2.02. The van der Waals surface area contributed by atoms with Crippen molar-refractivity contribution in [3.05, 3.63) is 138 Å². The third-order valence-electron chi connectivity index (χ3n) is 9.01. The second-order valence-electron chi connectivity index (χ2n) is 12.4. The first-order valence-corrected chi connectivity index (χ1v) is 20.7. The van der Waals surface area contributed by atoms with E-state index in [1.165, 1.54) is 28.4 Å². The first kappa shape index (κ1) is 37.4. The van der Waals surface area contributed by atoms with Crippen LogP contribution >= 0.6 is 46.8 Å². The first-order chi connectivity index (χ1) is 26.3. The molecular formula is C38H35N7O5S4. The summed E-state index contributed by atoms with van der Waals surface area (Å²) in [7, 11) is 0. The maximum atomic E-state index is 14.2. The zero-order valence-electron chi connectivity index (χ0n) is 28.9. The van der Waals surface area contributed by atoms with Gasteiger partial charge in [-0.05, 0) is 17.9 Å². The number of oxime groups is 1. The monoisotopic (exact) mass is 797 g/mol. The van der Waals surface area contributed by atoms with Crippen LogP contribution in [-0.4, -0.2) is 82.1 Å². The SMILES string of the molecule is CCSCc1ncccc1SC1(C(=O)O)CS[C@@H]2[C@H](NC(=O)C(=NOC(c3ccccc3)(c3ccccc3)c3ccccc3)c3nsc(N)n3)C(=O)N2C1. The smallest absolute Gasteiger partial charge is 0.322 e. The Morgan fingerprint density at radius 3 is 2.20 bits per heavy atom. The van der Waals surface area contributed by atoms with Crippen molar-refractivity contribution in [3.63, 3.8) is 0 Å². The van der Waals surface area contributed by atoms with Gasteiger partial charge in [-0.2, -0.15) is 21.1 Å². The zero-order valence-corrected chi connectivity index (χ0v) is 32.2. The zero-order chi connectivity index (χ0) is 37.7. The van der Waals surface area contributed by atoms with Gasteiger partial charge in [-0.15, -0.1) is 23.5 Å². The van der Waals surface area contributed by atoms with E-state index in [0.717, 1.165) is 44.6 Å². The van der Waals surface area contributed by atoms with Gasteiger partial charge in [-0.3, -0.25) is 19.4 Å². The number of anilines is 1. The number of nitrogens with zero attached hydrogens (tertiary/aromatic N) is 5. The number of carbonyl (C=O) groups excluding carboxylic acids is 2. The van der Waals surface area contributed by atoms with Crippen molar-refractivity contribution in [1.82, 2.24) is 24.6 Å². The van der Waals surface area contributed by atoms with Crippen molar-refractivity contribution in [3.8, 4) is 0 Å². The largest absolute Gasteiger partial charge is 0.480 e. The average Bonchev–Trinajstić information content (AvgIpc) is 3.64. The van der Waals surface area contributed by atoms with Gasteiger partial charge in [0, 0.05) is 57.4 Å². The molecule has 0 saturated carbocycles. The summed E-state index contributed by atoms with van der Waals surface area (Å²) in [4.78, 5) is 58.3. The third-order valence-corrected chi connectivity index (χ3v) is 13.6. The minimum Gasteiger partial charge on any atom is -0.480 e.